The first kappa shape index (κ1) is 17.3. The van der Waals surface area contributed by atoms with Crippen molar-refractivity contribution in [3.8, 4) is 22.9 Å². The Kier molecular flexibility index (Phi) is 4.64. The number of aromatic amines is 1. The molecule has 4 rings (SSSR count). The average molecular weight is 389 g/mol. The number of carbonyl (C=O) groups excluding carboxylic acids is 1. The number of nitrogens with one attached hydrogen (secondary N) is 2. The van der Waals surface area contributed by atoms with Crippen molar-refractivity contribution >= 4 is 17.5 Å². The summed E-state index contributed by atoms with van der Waals surface area (Å²) in [5.74, 6) is 1.62. The van der Waals surface area contributed by atoms with Crippen molar-refractivity contribution in [3.05, 3.63) is 58.6 Å². The molecule has 3 aromatic rings. The van der Waals surface area contributed by atoms with Crippen LogP contribution in [0.3, 0.4) is 0 Å². The summed E-state index contributed by atoms with van der Waals surface area (Å²) < 4.78 is 23.7. The van der Waals surface area contributed by atoms with Crippen LogP contribution in [0.15, 0.2) is 36.4 Å². The van der Waals surface area contributed by atoms with Gasteiger partial charge in [0.1, 0.15) is 11.6 Å². The summed E-state index contributed by atoms with van der Waals surface area (Å²) in [5, 5.41) is 9.82. The van der Waals surface area contributed by atoms with Gasteiger partial charge in [-0.05, 0) is 36.4 Å². The summed E-state index contributed by atoms with van der Waals surface area (Å²) in [4.78, 5) is 16.5. The lowest BCUT2D eigenvalue weighted by Crippen LogP contribution is -2.26. The summed E-state index contributed by atoms with van der Waals surface area (Å²) in [6, 6.07) is 9.10. The fourth-order valence-electron chi connectivity index (χ4n) is 2.64. The number of hydrogen-bond acceptors (Lipinski definition) is 5. The minimum atomic E-state index is -0.491. The van der Waals surface area contributed by atoms with Crippen molar-refractivity contribution in [1.82, 2.24) is 20.5 Å². The molecule has 0 saturated carbocycles. The zero-order chi connectivity index (χ0) is 18.8. The topological polar surface area (TPSA) is 89.1 Å². The molecule has 9 heteroatoms. The molecule has 2 aromatic carbocycles. The third-order valence-electron chi connectivity index (χ3n) is 3.99. The van der Waals surface area contributed by atoms with E-state index in [2.05, 4.69) is 20.5 Å². The SMILES string of the molecule is O=C(NCCc1nc(-c2ccc3c(c2)OCO3)n[nH]1)c1ccc(F)cc1Cl. The molecule has 0 spiro atoms. The fraction of sp³-hybridized carbons (Fsp3) is 0.167. The second kappa shape index (κ2) is 7.24. The first-order valence-electron chi connectivity index (χ1n) is 8.15. The predicted molar refractivity (Wildman–Crippen MR) is 95.4 cm³/mol. The summed E-state index contributed by atoms with van der Waals surface area (Å²) in [7, 11) is 0. The number of rotatable bonds is 5. The first-order chi connectivity index (χ1) is 13.1. The van der Waals surface area contributed by atoms with Crippen molar-refractivity contribution in [2.75, 3.05) is 13.3 Å². The van der Waals surface area contributed by atoms with E-state index in [0.29, 0.717) is 36.1 Å². The van der Waals surface area contributed by atoms with Crippen LogP contribution < -0.4 is 14.8 Å². The molecule has 1 amide bonds. The third kappa shape index (κ3) is 3.70. The van der Waals surface area contributed by atoms with Crippen molar-refractivity contribution in [2.24, 2.45) is 0 Å². The Bertz CT molecular complexity index is 1010. The molecule has 0 aliphatic carbocycles. The van der Waals surface area contributed by atoms with E-state index in [9.17, 15) is 9.18 Å². The van der Waals surface area contributed by atoms with Crippen LogP contribution in [-0.2, 0) is 6.42 Å². The normalized spacial score (nSPS) is 12.2. The van der Waals surface area contributed by atoms with Crippen molar-refractivity contribution in [2.45, 2.75) is 6.42 Å². The quantitative estimate of drug-likeness (QED) is 0.701. The van der Waals surface area contributed by atoms with Gasteiger partial charge in [0.05, 0.1) is 10.6 Å². The van der Waals surface area contributed by atoms with E-state index in [1.807, 2.05) is 12.1 Å². The number of ether oxygens (including phenoxy) is 2. The molecule has 0 bridgehead atoms. The predicted octanol–water partition coefficient (Wildman–Crippen LogP) is 2.97. The van der Waals surface area contributed by atoms with E-state index < -0.39 is 5.82 Å². The highest BCUT2D eigenvalue weighted by Crippen LogP contribution is 2.34. The average Bonchev–Trinajstić information content (AvgIpc) is 3.30. The van der Waals surface area contributed by atoms with E-state index in [4.69, 9.17) is 21.1 Å². The standard InChI is InChI=1S/C18H14ClFN4O3/c19-13-8-11(20)2-3-12(13)18(25)21-6-5-16-22-17(24-23-16)10-1-4-14-15(7-10)27-9-26-14/h1-4,7-8H,5-6,9H2,(H,21,25)(H,22,23,24). The van der Waals surface area contributed by atoms with Crippen LogP contribution in [-0.4, -0.2) is 34.4 Å². The van der Waals surface area contributed by atoms with E-state index in [0.717, 1.165) is 11.6 Å². The molecule has 1 aliphatic rings. The van der Waals surface area contributed by atoms with Crippen LogP contribution in [0.1, 0.15) is 16.2 Å². The minimum absolute atomic E-state index is 0.0669. The number of halogens is 2. The molecule has 2 heterocycles. The Morgan fingerprint density at radius 1 is 1.22 bits per heavy atom. The van der Waals surface area contributed by atoms with Crippen LogP contribution in [0.5, 0.6) is 11.5 Å². The molecule has 0 radical (unpaired) electrons. The summed E-state index contributed by atoms with van der Waals surface area (Å²) in [6.07, 6.45) is 0.447. The Morgan fingerprint density at radius 3 is 2.93 bits per heavy atom. The zero-order valence-corrected chi connectivity index (χ0v) is 14.7. The molecule has 0 atom stereocenters. The number of hydrogen-bond donors (Lipinski definition) is 2. The van der Waals surface area contributed by atoms with Gasteiger partial charge in [-0.15, -0.1) is 0 Å². The van der Waals surface area contributed by atoms with Crippen molar-refractivity contribution < 1.29 is 18.7 Å². The van der Waals surface area contributed by atoms with Gasteiger partial charge in [-0.1, -0.05) is 11.6 Å². The fourth-order valence-corrected chi connectivity index (χ4v) is 2.89. The number of amides is 1. The van der Waals surface area contributed by atoms with E-state index >= 15 is 0 Å². The second-order valence-corrected chi connectivity index (χ2v) is 6.21. The molecule has 1 aromatic heterocycles. The van der Waals surface area contributed by atoms with Crippen LogP contribution in [0.25, 0.3) is 11.4 Å². The van der Waals surface area contributed by atoms with Crippen LogP contribution in [0.2, 0.25) is 5.02 Å². The number of H-pyrrole nitrogens is 1. The van der Waals surface area contributed by atoms with Crippen LogP contribution in [0.4, 0.5) is 4.39 Å². The van der Waals surface area contributed by atoms with Gasteiger partial charge in [0.15, 0.2) is 17.3 Å². The van der Waals surface area contributed by atoms with Gasteiger partial charge in [-0.2, -0.15) is 5.10 Å². The maximum Gasteiger partial charge on any atom is 0.252 e. The van der Waals surface area contributed by atoms with Gasteiger partial charge in [0.2, 0.25) is 6.79 Å². The lowest BCUT2D eigenvalue weighted by molar-refractivity contribution is 0.0954. The third-order valence-corrected chi connectivity index (χ3v) is 4.30. The van der Waals surface area contributed by atoms with E-state index in [1.54, 1.807) is 6.07 Å². The number of nitrogens with zero attached hydrogens (tertiary/aromatic N) is 2. The maximum absolute atomic E-state index is 13.0. The smallest absolute Gasteiger partial charge is 0.252 e. The van der Waals surface area contributed by atoms with Crippen LogP contribution >= 0.6 is 11.6 Å². The first-order valence-corrected chi connectivity index (χ1v) is 8.52. The number of fused-ring (bicyclic) bond motifs is 1. The lowest BCUT2D eigenvalue weighted by Gasteiger charge is -2.05. The molecule has 0 fully saturated rings. The summed E-state index contributed by atoms with van der Waals surface area (Å²) >= 11 is 5.88. The minimum Gasteiger partial charge on any atom is -0.454 e. The molecule has 0 saturated heterocycles. The second-order valence-electron chi connectivity index (χ2n) is 5.80. The zero-order valence-electron chi connectivity index (χ0n) is 14.0. The van der Waals surface area contributed by atoms with Crippen LogP contribution in [0, 0.1) is 5.82 Å². The van der Waals surface area contributed by atoms with Gasteiger partial charge >= 0.3 is 0 Å². The van der Waals surface area contributed by atoms with E-state index in [-0.39, 0.29) is 23.3 Å². The highest BCUT2D eigenvalue weighted by molar-refractivity contribution is 6.33. The number of benzene rings is 2. The van der Waals surface area contributed by atoms with Crippen molar-refractivity contribution in [3.63, 3.8) is 0 Å². The van der Waals surface area contributed by atoms with Gasteiger partial charge in [0, 0.05) is 18.5 Å². The molecule has 2 N–H and O–H groups in total. The Labute approximate surface area is 158 Å². The highest BCUT2D eigenvalue weighted by Gasteiger charge is 2.16. The maximum atomic E-state index is 13.0. The Hall–Kier alpha value is -3.13. The number of carbonyl (C=O) groups is 1. The molecule has 0 unspecified atom stereocenters. The molecular weight excluding hydrogens is 375 g/mol. The van der Waals surface area contributed by atoms with E-state index in [1.165, 1.54) is 12.1 Å². The van der Waals surface area contributed by atoms with Crippen molar-refractivity contribution in [1.29, 1.82) is 0 Å². The molecule has 7 nitrogen and oxygen atoms in total. The van der Waals surface area contributed by atoms with Gasteiger partial charge in [-0.25, -0.2) is 9.37 Å². The summed E-state index contributed by atoms with van der Waals surface area (Å²) in [6.45, 7) is 0.526. The van der Waals surface area contributed by atoms with Gasteiger partial charge < -0.3 is 14.8 Å². The molecule has 1 aliphatic heterocycles. The molecular formula is C18H14ClFN4O3. The van der Waals surface area contributed by atoms with Gasteiger partial charge in [0.25, 0.3) is 5.91 Å². The highest BCUT2D eigenvalue weighted by atomic mass is 35.5. The molecule has 138 valence electrons. The Balaban J connectivity index is 1.36. The lowest BCUT2D eigenvalue weighted by atomic mass is 10.2. The summed E-state index contributed by atoms with van der Waals surface area (Å²) in [5.41, 5.74) is 1.01. The molecule has 27 heavy (non-hydrogen) atoms. The number of aromatic nitrogens is 3. The largest absolute Gasteiger partial charge is 0.454 e. The Morgan fingerprint density at radius 2 is 2.07 bits per heavy atom. The van der Waals surface area contributed by atoms with Gasteiger partial charge in [-0.3, -0.25) is 9.89 Å². The monoisotopic (exact) mass is 388 g/mol.